The predicted molar refractivity (Wildman–Crippen MR) is 115 cm³/mol. The monoisotopic (exact) mass is 408 g/mol. The van der Waals surface area contributed by atoms with E-state index in [1.165, 1.54) is 37.4 Å². The number of rotatable bonds is 5. The van der Waals surface area contributed by atoms with E-state index in [4.69, 9.17) is 0 Å². The summed E-state index contributed by atoms with van der Waals surface area (Å²) in [6, 6.07) is 13.1. The second kappa shape index (κ2) is 9.22. The Hall–Kier alpha value is -2.67. The van der Waals surface area contributed by atoms with Crippen molar-refractivity contribution < 1.29 is 4.79 Å². The lowest BCUT2D eigenvalue weighted by atomic mass is 10.1. The van der Waals surface area contributed by atoms with Crippen molar-refractivity contribution in [2.24, 2.45) is 0 Å². The van der Waals surface area contributed by atoms with Crippen LogP contribution >= 0.6 is 11.8 Å². The van der Waals surface area contributed by atoms with E-state index < -0.39 is 0 Å². The second-order valence-electron chi connectivity index (χ2n) is 7.29. The Morgan fingerprint density at radius 2 is 1.83 bits per heavy atom. The Balaban J connectivity index is 1.59. The predicted octanol–water partition coefficient (Wildman–Crippen LogP) is 3.71. The molecular formula is C22H24N4O2S. The van der Waals surface area contributed by atoms with E-state index in [0.29, 0.717) is 16.2 Å². The largest absolute Gasteiger partial charge is 0.353 e. The Bertz CT molecular complexity index is 1040. The maximum atomic E-state index is 13.1. The molecule has 2 heterocycles. The first-order chi connectivity index (χ1) is 14.2. The highest BCUT2D eigenvalue weighted by Crippen LogP contribution is 2.21. The van der Waals surface area contributed by atoms with E-state index in [9.17, 15) is 9.59 Å². The lowest BCUT2D eigenvalue weighted by molar-refractivity contribution is -0.119. The molecule has 1 fully saturated rings. The van der Waals surface area contributed by atoms with E-state index in [1.807, 2.05) is 30.3 Å². The molecule has 0 radical (unpaired) electrons. The highest BCUT2D eigenvalue weighted by Gasteiger charge is 2.18. The number of carbonyl (C=O) groups excluding carboxylic acids is 1. The van der Waals surface area contributed by atoms with Crippen LogP contribution in [0.25, 0.3) is 16.7 Å². The third-order valence-corrected chi connectivity index (χ3v) is 6.12. The van der Waals surface area contributed by atoms with Crippen LogP contribution in [0.4, 0.5) is 0 Å². The van der Waals surface area contributed by atoms with Crippen molar-refractivity contribution in [2.45, 2.75) is 49.7 Å². The first kappa shape index (κ1) is 19.6. The quantitative estimate of drug-likeness (QED) is 0.396. The van der Waals surface area contributed by atoms with Crippen LogP contribution in [0.5, 0.6) is 0 Å². The summed E-state index contributed by atoms with van der Waals surface area (Å²) in [5.74, 6) is 0.200. The van der Waals surface area contributed by atoms with Gasteiger partial charge in [0.15, 0.2) is 10.8 Å². The molecule has 0 spiro atoms. The molecule has 29 heavy (non-hydrogen) atoms. The number of nitrogens with zero attached hydrogens (tertiary/aromatic N) is 3. The zero-order valence-electron chi connectivity index (χ0n) is 16.2. The topological polar surface area (TPSA) is 76.9 Å². The van der Waals surface area contributed by atoms with Crippen LogP contribution in [0.3, 0.4) is 0 Å². The van der Waals surface area contributed by atoms with Gasteiger partial charge in [-0.2, -0.15) is 0 Å². The van der Waals surface area contributed by atoms with Gasteiger partial charge in [-0.05, 0) is 37.1 Å². The lowest BCUT2D eigenvalue weighted by Gasteiger charge is -2.16. The van der Waals surface area contributed by atoms with Crippen LogP contribution in [0.1, 0.15) is 38.5 Å². The van der Waals surface area contributed by atoms with Crippen LogP contribution < -0.4 is 10.9 Å². The third kappa shape index (κ3) is 4.67. The fourth-order valence-electron chi connectivity index (χ4n) is 3.73. The minimum Gasteiger partial charge on any atom is -0.353 e. The van der Waals surface area contributed by atoms with E-state index in [-0.39, 0.29) is 23.3 Å². The molecule has 2 aromatic heterocycles. The molecule has 4 rings (SSSR count). The molecule has 1 aliphatic carbocycles. The van der Waals surface area contributed by atoms with Gasteiger partial charge in [-0.25, -0.2) is 9.97 Å². The molecule has 0 aliphatic heterocycles. The SMILES string of the molecule is O=C(CSc1nc2ncccc2c(=O)n1-c1ccccc1)NC1CCCCCC1. The molecule has 3 aromatic rings. The summed E-state index contributed by atoms with van der Waals surface area (Å²) in [5, 5.41) is 4.09. The summed E-state index contributed by atoms with van der Waals surface area (Å²) in [6.07, 6.45) is 8.55. The Morgan fingerprint density at radius 3 is 2.59 bits per heavy atom. The van der Waals surface area contributed by atoms with Crippen molar-refractivity contribution in [1.29, 1.82) is 0 Å². The number of pyridine rings is 1. The first-order valence-electron chi connectivity index (χ1n) is 10.1. The molecule has 1 saturated carbocycles. The summed E-state index contributed by atoms with van der Waals surface area (Å²) >= 11 is 1.27. The summed E-state index contributed by atoms with van der Waals surface area (Å²) in [6.45, 7) is 0. The molecule has 6 nitrogen and oxygen atoms in total. The number of aromatic nitrogens is 3. The first-order valence-corrected chi connectivity index (χ1v) is 11.1. The fraction of sp³-hybridized carbons (Fsp3) is 0.364. The summed E-state index contributed by atoms with van der Waals surface area (Å²) in [5.41, 5.74) is 0.944. The highest BCUT2D eigenvalue weighted by molar-refractivity contribution is 7.99. The van der Waals surface area contributed by atoms with Crippen molar-refractivity contribution in [3.05, 3.63) is 59.0 Å². The standard InChI is InChI=1S/C22H24N4O2S/c27-19(24-16-9-4-1-2-5-10-16)15-29-22-25-20-18(13-8-14-23-20)21(28)26(22)17-11-6-3-7-12-17/h3,6-8,11-14,16H,1-2,4-5,9-10,15H2,(H,24,27). The summed E-state index contributed by atoms with van der Waals surface area (Å²) < 4.78 is 1.56. The molecule has 0 unspecified atom stereocenters. The minimum atomic E-state index is -0.180. The van der Waals surface area contributed by atoms with Gasteiger partial charge in [-0.3, -0.25) is 14.2 Å². The number of benzene rings is 1. The zero-order chi connectivity index (χ0) is 20.1. The van der Waals surface area contributed by atoms with Crippen LogP contribution in [-0.2, 0) is 4.79 Å². The van der Waals surface area contributed by atoms with Gasteiger partial charge in [0.2, 0.25) is 5.91 Å². The average molecular weight is 409 g/mol. The van der Waals surface area contributed by atoms with E-state index in [1.54, 1.807) is 22.9 Å². The molecule has 0 atom stereocenters. The molecule has 0 saturated heterocycles. The van der Waals surface area contributed by atoms with Crippen molar-refractivity contribution in [1.82, 2.24) is 19.9 Å². The second-order valence-corrected chi connectivity index (χ2v) is 8.23. The molecule has 1 amide bonds. The number of carbonyl (C=O) groups is 1. The van der Waals surface area contributed by atoms with E-state index in [0.717, 1.165) is 18.5 Å². The fourth-order valence-corrected chi connectivity index (χ4v) is 4.54. The molecule has 1 aliphatic rings. The minimum absolute atomic E-state index is 0.0168. The van der Waals surface area contributed by atoms with Gasteiger partial charge in [-0.1, -0.05) is 55.6 Å². The molecule has 1 aromatic carbocycles. The third-order valence-electron chi connectivity index (χ3n) is 5.18. The van der Waals surface area contributed by atoms with Crippen molar-refractivity contribution >= 4 is 28.7 Å². The molecular weight excluding hydrogens is 384 g/mol. The van der Waals surface area contributed by atoms with Crippen LogP contribution in [0, 0.1) is 0 Å². The number of nitrogens with one attached hydrogen (secondary N) is 1. The van der Waals surface area contributed by atoms with Gasteiger partial charge in [0, 0.05) is 12.2 Å². The maximum Gasteiger partial charge on any atom is 0.268 e. The van der Waals surface area contributed by atoms with Crippen molar-refractivity contribution in [3.8, 4) is 5.69 Å². The number of amides is 1. The van der Waals surface area contributed by atoms with Crippen molar-refractivity contribution in [3.63, 3.8) is 0 Å². The summed E-state index contributed by atoms with van der Waals surface area (Å²) in [4.78, 5) is 34.5. The van der Waals surface area contributed by atoms with Gasteiger partial charge in [-0.15, -0.1) is 0 Å². The maximum absolute atomic E-state index is 13.1. The molecule has 0 bridgehead atoms. The van der Waals surface area contributed by atoms with Crippen molar-refractivity contribution in [2.75, 3.05) is 5.75 Å². The van der Waals surface area contributed by atoms with Gasteiger partial charge in [0.25, 0.3) is 5.56 Å². The molecule has 150 valence electrons. The normalized spacial score (nSPS) is 15.2. The van der Waals surface area contributed by atoms with Crippen LogP contribution in [-0.4, -0.2) is 32.2 Å². The van der Waals surface area contributed by atoms with E-state index in [2.05, 4.69) is 15.3 Å². The average Bonchev–Trinajstić information content (AvgIpc) is 3.01. The van der Waals surface area contributed by atoms with Gasteiger partial charge >= 0.3 is 0 Å². The van der Waals surface area contributed by atoms with Gasteiger partial charge < -0.3 is 5.32 Å². The number of para-hydroxylation sites is 1. The Labute approximate surface area is 173 Å². The van der Waals surface area contributed by atoms with Crippen LogP contribution in [0.2, 0.25) is 0 Å². The lowest BCUT2D eigenvalue weighted by Crippen LogP contribution is -2.35. The number of fused-ring (bicyclic) bond motifs is 1. The number of hydrogen-bond donors (Lipinski definition) is 1. The molecule has 7 heteroatoms. The zero-order valence-corrected chi connectivity index (χ0v) is 17.0. The van der Waals surface area contributed by atoms with Gasteiger partial charge in [0.1, 0.15) is 0 Å². The molecule has 1 N–H and O–H groups in total. The summed E-state index contributed by atoms with van der Waals surface area (Å²) in [7, 11) is 0. The number of hydrogen-bond acceptors (Lipinski definition) is 5. The number of thioether (sulfide) groups is 1. The van der Waals surface area contributed by atoms with Crippen LogP contribution in [0.15, 0.2) is 58.6 Å². The smallest absolute Gasteiger partial charge is 0.268 e. The Morgan fingerprint density at radius 1 is 1.07 bits per heavy atom. The van der Waals surface area contributed by atoms with E-state index >= 15 is 0 Å². The Kier molecular flexibility index (Phi) is 6.24. The highest BCUT2D eigenvalue weighted by atomic mass is 32.2. The van der Waals surface area contributed by atoms with Gasteiger partial charge in [0.05, 0.1) is 16.8 Å².